The van der Waals surface area contributed by atoms with Crippen molar-refractivity contribution >= 4 is 40.1 Å². The third-order valence-electron chi connectivity index (χ3n) is 6.25. The number of hydrogen-bond acceptors (Lipinski definition) is 7. The van der Waals surface area contributed by atoms with Crippen LogP contribution in [0.1, 0.15) is 56.0 Å². The van der Waals surface area contributed by atoms with Gasteiger partial charge in [0, 0.05) is 11.1 Å². The molecule has 7 nitrogen and oxygen atoms in total. The van der Waals surface area contributed by atoms with Crippen molar-refractivity contribution in [1.29, 1.82) is 0 Å². The van der Waals surface area contributed by atoms with Crippen LogP contribution in [-0.2, 0) is 14.2 Å². The number of benzene rings is 2. The van der Waals surface area contributed by atoms with Crippen LogP contribution in [0.3, 0.4) is 0 Å². The minimum atomic E-state index is -0.697. The molecular weight excluding hydrogens is 470 g/mol. The molecule has 0 atom stereocenters. The van der Waals surface area contributed by atoms with Crippen molar-refractivity contribution in [3.8, 4) is 11.1 Å². The number of anilines is 2. The zero-order valence-corrected chi connectivity index (χ0v) is 21.6. The first kappa shape index (κ1) is 25.7. The Morgan fingerprint density at radius 3 is 1.89 bits per heavy atom. The summed E-state index contributed by atoms with van der Waals surface area (Å²) >= 11 is 0. The monoisotopic (exact) mass is 499 g/mol. The number of methoxy groups -OCH3 is 1. The van der Waals surface area contributed by atoms with E-state index < -0.39 is 17.9 Å². The summed E-state index contributed by atoms with van der Waals surface area (Å²) in [5.41, 5.74) is 4.29. The summed E-state index contributed by atoms with van der Waals surface area (Å²) in [6, 6.07) is 16.8. The standard InChI is InChI=1S/C30H29NO6/c1-6-36-29(33)23-18(4)22-20-11-9-8-10-12-21(20)24(28(32)35-5)25(22)27(26(23)30(34)37-7-2)31-19-15-13-17(3)14-16-19/h8-16,31H,6-7H2,1-5H3. The number of nitrogens with one attached hydrogen (secondary N) is 1. The van der Waals surface area contributed by atoms with E-state index in [0.717, 1.165) is 11.1 Å². The van der Waals surface area contributed by atoms with E-state index in [2.05, 4.69) is 5.32 Å². The molecule has 2 aromatic rings. The lowest BCUT2D eigenvalue weighted by Gasteiger charge is -2.20. The van der Waals surface area contributed by atoms with Gasteiger partial charge in [0.15, 0.2) is 0 Å². The molecule has 0 spiro atoms. The van der Waals surface area contributed by atoms with E-state index in [4.69, 9.17) is 14.2 Å². The van der Waals surface area contributed by atoms with E-state index in [-0.39, 0.29) is 30.0 Å². The van der Waals surface area contributed by atoms with Gasteiger partial charge in [-0.3, -0.25) is 0 Å². The molecule has 0 fully saturated rings. The van der Waals surface area contributed by atoms with Gasteiger partial charge in [-0.05, 0) is 61.9 Å². The molecule has 0 saturated heterocycles. The van der Waals surface area contributed by atoms with E-state index in [0.29, 0.717) is 33.2 Å². The number of rotatable bonds is 7. The average Bonchev–Trinajstić information content (AvgIpc) is 3.02. The molecule has 0 heterocycles. The first-order chi connectivity index (χ1) is 17.8. The summed E-state index contributed by atoms with van der Waals surface area (Å²) < 4.78 is 16.0. The minimum absolute atomic E-state index is 0.00992. The van der Waals surface area contributed by atoms with Gasteiger partial charge in [0.05, 0.1) is 42.7 Å². The molecule has 1 N–H and O–H groups in total. The molecule has 37 heavy (non-hydrogen) atoms. The van der Waals surface area contributed by atoms with E-state index in [1.54, 1.807) is 20.8 Å². The van der Waals surface area contributed by atoms with Crippen molar-refractivity contribution in [1.82, 2.24) is 0 Å². The Labute approximate surface area is 215 Å². The molecule has 0 saturated carbocycles. The number of fused-ring (bicyclic) bond motifs is 3. The second kappa shape index (κ2) is 10.7. The number of hydrogen-bond donors (Lipinski definition) is 1. The van der Waals surface area contributed by atoms with Gasteiger partial charge in [0.2, 0.25) is 0 Å². The topological polar surface area (TPSA) is 90.9 Å². The molecular formula is C30H29NO6. The quantitative estimate of drug-likeness (QED) is 0.231. The molecule has 7 heteroatoms. The highest BCUT2D eigenvalue weighted by atomic mass is 16.5. The van der Waals surface area contributed by atoms with Crippen LogP contribution in [0.5, 0.6) is 0 Å². The van der Waals surface area contributed by atoms with Crippen molar-refractivity contribution in [2.24, 2.45) is 0 Å². The molecule has 0 aliphatic heterocycles. The lowest BCUT2D eigenvalue weighted by atomic mass is 9.92. The van der Waals surface area contributed by atoms with Crippen molar-refractivity contribution in [2.75, 3.05) is 25.6 Å². The van der Waals surface area contributed by atoms with E-state index in [1.165, 1.54) is 7.11 Å². The SMILES string of the molecule is CCOC(=O)c1c(C(=O)OCC)c(Nc2ccc(C)cc2)c2c(C(=O)OC)c3cccccc-3c2c1C. The van der Waals surface area contributed by atoms with Crippen molar-refractivity contribution in [3.05, 3.63) is 82.4 Å². The second-order valence-corrected chi connectivity index (χ2v) is 8.54. The van der Waals surface area contributed by atoms with Gasteiger partial charge in [0.1, 0.15) is 0 Å². The maximum Gasteiger partial charge on any atom is 0.341 e. The summed E-state index contributed by atoms with van der Waals surface area (Å²) in [5, 5.41) is 4.44. The fraction of sp³-hybridized carbons (Fsp3) is 0.233. The Morgan fingerprint density at radius 1 is 0.703 bits per heavy atom. The molecule has 0 aromatic heterocycles. The van der Waals surface area contributed by atoms with Crippen molar-refractivity contribution < 1.29 is 28.6 Å². The number of ether oxygens (including phenoxy) is 3. The van der Waals surface area contributed by atoms with E-state index in [9.17, 15) is 14.4 Å². The Kier molecular flexibility index (Phi) is 7.43. The Hall–Kier alpha value is -4.39. The summed E-state index contributed by atoms with van der Waals surface area (Å²) in [6.07, 6.45) is 0. The van der Waals surface area contributed by atoms with Crippen LogP contribution in [0.2, 0.25) is 0 Å². The third kappa shape index (κ3) is 4.60. The van der Waals surface area contributed by atoms with Gasteiger partial charge in [-0.1, -0.05) is 48.0 Å². The number of carbonyl (C=O) groups is 3. The fourth-order valence-corrected chi connectivity index (χ4v) is 4.67. The molecule has 2 aromatic carbocycles. The minimum Gasteiger partial charge on any atom is -0.465 e. The average molecular weight is 500 g/mol. The molecule has 0 radical (unpaired) electrons. The Balaban J connectivity index is 2.26. The highest BCUT2D eigenvalue weighted by Gasteiger charge is 2.35. The van der Waals surface area contributed by atoms with E-state index >= 15 is 0 Å². The van der Waals surface area contributed by atoms with Crippen LogP contribution in [-0.4, -0.2) is 38.2 Å². The van der Waals surface area contributed by atoms with Crippen LogP contribution >= 0.6 is 0 Å². The van der Waals surface area contributed by atoms with Gasteiger partial charge < -0.3 is 19.5 Å². The number of esters is 3. The molecule has 0 amide bonds. The van der Waals surface area contributed by atoms with Gasteiger partial charge in [-0.15, -0.1) is 0 Å². The highest BCUT2D eigenvalue weighted by molar-refractivity contribution is 6.27. The van der Waals surface area contributed by atoms with Crippen LogP contribution in [0.15, 0.2) is 54.6 Å². The second-order valence-electron chi connectivity index (χ2n) is 8.54. The number of aryl methyl sites for hydroxylation is 2. The third-order valence-corrected chi connectivity index (χ3v) is 6.25. The summed E-state index contributed by atoms with van der Waals surface area (Å²) in [7, 11) is 1.31. The summed E-state index contributed by atoms with van der Waals surface area (Å²) in [4.78, 5) is 40.0. The normalized spacial score (nSPS) is 10.8. The molecule has 4 rings (SSSR count). The van der Waals surface area contributed by atoms with Crippen LogP contribution < -0.4 is 5.32 Å². The Bertz CT molecular complexity index is 1470. The molecule has 190 valence electrons. The van der Waals surface area contributed by atoms with E-state index in [1.807, 2.05) is 61.5 Å². The molecule has 2 aliphatic rings. The van der Waals surface area contributed by atoms with Gasteiger partial charge in [-0.2, -0.15) is 0 Å². The predicted octanol–water partition coefficient (Wildman–Crippen LogP) is 6.45. The van der Waals surface area contributed by atoms with Gasteiger partial charge in [0.25, 0.3) is 0 Å². The van der Waals surface area contributed by atoms with Crippen molar-refractivity contribution in [2.45, 2.75) is 27.7 Å². The lowest BCUT2D eigenvalue weighted by Crippen LogP contribution is -2.18. The molecule has 2 aliphatic carbocycles. The smallest absolute Gasteiger partial charge is 0.341 e. The zero-order chi connectivity index (χ0) is 26.7. The van der Waals surface area contributed by atoms with Crippen LogP contribution in [0.25, 0.3) is 21.9 Å². The van der Waals surface area contributed by atoms with Crippen LogP contribution in [0, 0.1) is 13.8 Å². The summed E-state index contributed by atoms with van der Waals surface area (Å²) in [6.45, 7) is 7.34. The first-order valence-electron chi connectivity index (χ1n) is 12.1. The molecule has 0 bridgehead atoms. The first-order valence-corrected chi connectivity index (χ1v) is 12.1. The van der Waals surface area contributed by atoms with Crippen molar-refractivity contribution in [3.63, 3.8) is 0 Å². The Morgan fingerprint density at radius 2 is 1.30 bits per heavy atom. The molecule has 0 unspecified atom stereocenters. The zero-order valence-electron chi connectivity index (χ0n) is 21.6. The highest BCUT2D eigenvalue weighted by Crippen LogP contribution is 2.48. The fourth-order valence-electron chi connectivity index (χ4n) is 4.67. The maximum absolute atomic E-state index is 13.5. The largest absolute Gasteiger partial charge is 0.465 e. The summed E-state index contributed by atoms with van der Waals surface area (Å²) in [5.74, 6) is -1.90. The van der Waals surface area contributed by atoms with Gasteiger partial charge in [-0.25, -0.2) is 14.4 Å². The van der Waals surface area contributed by atoms with Crippen LogP contribution in [0.4, 0.5) is 11.4 Å². The number of carbonyl (C=O) groups excluding carboxylic acids is 3. The lowest BCUT2D eigenvalue weighted by molar-refractivity contribution is 0.0479. The predicted molar refractivity (Wildman–Crippen MR) is 143 cm³/mol. The maximum atomic E-state index is 13.5. The van der Waals surface area contributed by atoms with Gasteiger partial charge >= 0.3 is 17.9 Å².